The number of nitrogens with one attached hydrogen (secondary N) is 1. The molecule has 1 unspecified atom stereocenters. The van der Waals surface area contributed by atoms with E-state index in [0.717, 1.165) is 25.1 Å². The summed E-state index contributed by atoms with van der Waals surface area (Å²) in [4.78, 5) is 0. The van der Waals surface area contributed by atoms with Crippen LogP contribution in [-0.2, 0) is 19.4 Å². The van der Waals surface area contributed by atoms with Gasteiger partial charge in [0, 0.05) is 12.6 Å². The molecule has 0 fully saturated rings. The highest BCUT2D eigenvalue weighted by Gasteiger charge is 2.20. The van der Waals surface area contributed by atoms with Gasteiger partial charge in [-0.15, -0.1) is 12.4 Å². The summed E-state index contributed by atoms with van der Waals surface area (Å²) in [6.45, 7) is 0.940. The molecule has 0 aromatic heterocycles. The molecule has 0 saturated carbocycles. The molecule has 2 aromatic rings. The molecule has 0 spiro atoms. The van der Waals surface area contributed by atoms with E-state index in [4.69, 9.17) is 4.74 Å². The summed E-state index contributed by atoms with van der Waals surface area (Å²) in [5, 5.41) is 3.67. The minimum absolute atomic E-state index is 0. The predicted octanol–water partition coefficient (Wildman–Crippen LogP) is 3.76. The lowest BCUT2D eigenvalue weighted by molar-refractivity contribution is 0.393. The molecule has 3 rings (SSSR count). The molecule has 2 aromatic carbocycles. The number of hydrogen-bond acceptors (Lipinski definition) is 2. The average Bonchev–Trinajstić information content (AvgIpc) is 2.53. The molecule has 1 atom stereocenters. The second-order valence-electron chi connectivity index (χ2n) is 5.40. The molecule has 0 radical (unpaired) electrons. The highest BCUT2D eigenvalue weighted by molar-refractivity contribution is 5.85. The van der Waals surface area contributed by atoms with E-state index >= 15 is 0 Å². The van der Waals surface area contributed by atoms with E-state index in [9.17, 15) is 0 Å². The second kappa shape index (κ2) is 7.48. The first-order chi connectivity index (χ1) is 9.86. The van der Waals surface area contributed by atoms with Gasteiger partial charge in [0.15, 0.2) is 0 Å². The average molecular weight is 304 g/mol. The van der Waals surface area contributed by atoms with Crippen molar-refractivity contribution in [2.75, 3.05) is 7.11 Å². The SMILES string of the molecule is COc1cccc2c1CC(NCc1ccccc1)CC2.Cl. The molecule has 0 heterocycles. The number of benzene rings is 2. The number of hydrogen-bond donors (Lipinski definition) is 1. The molecule has 1 aliphatic carbocycles. The van der Waals surface area contributed by atoms with Crippen LogP contribution in [0.25, 0.3) is 0 Å². The van der Waals surface area contributed by atoms with Crippen molar-refractivity contribution in [3.63, 3.8) is 0 Å². The van der Waals surface area contributed by atoms with Crippen LogP contribution in [0.2, 0.25) is 0 Å². The lowest BCUT2D eigenvalue weighted by Crippen LogP contribution is -2.34. The van der Waals surface area contributed by atoms with Crippen LogP contribution in [0.5, 0.6) is 5.75 Å². The molecule has 112 valence electrons. The fraction of sp³-hybridized carbons (Fsp3) is 0.333. The van der Waals surface area contributed by atoms with Crippen LogP contribution in [-0.4, -0.2) is 13.2 Å². The minimum Gasteiger partial charge on any atom is -0.496 e. The quantitative estimate of drug-likeness (QED) is 0.928. The zero-order valence-electron chi connectivity index (χ0n) is 12.3. The first-order valence-electron chi connectivity index (χ1n) is 7.29. The maximum atomic E-state index is 5.50. The Labute approximate surface area is 132 Å². The van der Waals surface area contributed by atoms with E-state index in [1.54, 1.807) is 7.11 Å². The van der Waals surface area contributed by atoms with Crippen LogP contribution in [0.15, 0.2) is 48.5 Å². The number of aryl methyl sites for hydroxylation is 1. The smallest absolute Gasteiger partial charge is 0.122 e. The van der Waals surface area contributed by atoms with Gasteiger partial charge in [0.05, 0.1) is 7.11 Å². The first kappa shape index (κ1) is 15.9. The zero-order valence-corrected chi connectivity index (χ0v) is 13.2. The highest BCUT2D eigenvalue weighted by atomic mass is 35.5. The van der Waals surface area contributed by atoms with Gasteiger partial charge in [-0.2, -0.15) is 0 Å². The van der Waals surface area contributed by atoms with Crippen molar-refractivity contribution in [1.29, 1.82) is 0 Å². The van der Waals surface area contributed by atoms with Crippen molar-refractivity contribution in [3.05, 3.63) is 65.2 Å². The Morgan fingerprint density at radius 1 is 1.10 bits per heavy atom. The molecule has 2 nitrogen and oxygen atoms in total. The van der Waals surface area contributed by atoms with Gasteiger partial charge >= 0.3 is 0 Å². The van der Waals surface area contributed by atoms with Crippen LogP contribution in [0.3, 0.4) is 0 Å². The number of halogens is 1. The molecule has 0 saturated heterocycles. The van der Waals surface area contributed by atoms with E-state index in [1.165, 1.54) is 23.1 Å². The van der Waals surface area contributed by atoms with E-state index in [0.29, 0.717) is 6.04 Å². The third-order valence-electron chi connectivity index (χ3n) is 4.10. The summed E-state index contributed by atoms with van der Waals surface area (Å²) in [5.41, 5.74) is 4.17. The molecule has 1 N–H and O–H groups in total. The summed E-state index contributed by atoms with van der Waals surface area (Å²) in [7, 11) is 1.76. The molecule has 0 bridgehead atoms. The Balaban J connectivity index is 0.00000161. The summed E-state index contributed by atoms with van der Waals surface area (Å²) < 4.78 is 5.50. The van der Waals surface area contributed by atoms with Crippen LogP contribution in [0, 0.1) is 0 Å². The first-order valence-corrected chi connectivity index (χ1v) is 7.29. The van der Waals surface area contributed by atoms with Crippen molar-refractivity contribution in [2.45, 2.75) is 31.8 Å². The van der Waals surface area contributed by atoms with Crippen LogP contribution in [0.1, 0.15) is 23.1 Å². The maximum Gasteiger partial charge on any atom is 0.122 e. The Morgan fingerprint density at radius 3 is 2.67 bits per heavy atom. The monoisotopic (exact) mass is 303 g/mol. The molecular formula is C18H22ClNO. The molecule has 1 aliphatic rings. The Bertz CT molecular complexity index is 556. The van der Waals surface area contributed by atoms with Gasteiger partial charge in [-0.1, -0.05) is 42.5 Å². The fourth-order valence-corrected chi connectivity index (χ4v) is 2.98. The number of ether oxygens (including phenoxy) is 1. The van der Waals surface area contributed by atoms with Crippen molar-refractivity contribution in [3.8, 4) is 5.75 Å². The Hall–Kier alpha value is -1.51. The van der Waals surface area contributed by atoms with Gasteiger partial charge in [0.25, 0.3) is 0 Å². The van der Waals surface area contributed by atoms with Gasteiger partial charge in [-0.25, -0.2) is 0 Å². The lowest BCUT2D eigenvalue weighted by atomic mass is 9.87. The second-order valence-corrected chi connectivity index (χ2v) is 5.40. The molecule has 3 heteroatoms. The molecular weight excluding hydrogens is 282 g/mol. The third kappa shape index (κ3) is 3.78. The standard InChI is InChI=1S/C18H21NO.ClH/c1-20-18-9-5-8-15-10-11-16(12-17(15)18)19-13-14-6-3-2-4-7-14;/h2-9,16,19H,10-13H2,1H3;1H. The summed E-state index contributed by atoms with van der Waals surface area (Å²) >= 11 is 0. The van der Waals surface area contributed by atoms with Gasteiger partial charge < -0.3 is 10.1 Å². The highest BCUT2D eigenvalue weighted by Crippen LogP contribution is 2.29. The summed E-state index contributed by atoms with van der Waals surface area (Å²) in [6.07, 6.45) is 3.40. The van der Waals surface area contributed by atoms with Crippen molar-refractivity contribution in [2.24, 2.45) is 0 Å². The largest absolute Gasteiger partial charge is 0.496 e. The fourth-order valence-electron chi connectivity index (χ4n) is 2.98. The number of methoxy groups -OCH3 is 1. The Morgan fingerprint density at radius 2 is 1.90 bits per heavy atom. The molecule has 0 aliphatic heterocycles. The normalized spacial score (nSPS) is 16.7. The van der Waals surface area contributed by atoms with E-state index in [-0.39, 0.29) is 12.4 Å². The summed E-state index contributed by atoms with van der Waals surface area (Å²) in [6, 6.07) is 17.5. The van der Waals surface area contributed by atoms with Gasteiger partial charge in [0.1, 0.15) is 5.75 Å². The lowest BCUT2D eigenvalue weighted by Gasteiger charge is -2.27. The van der Waals surface area contributed by atoms with Crippen LogP contribution in [0.4, 0.5) is 0 Å². The topological polar surface area (TPSA) is 21.3 Å². The van der Waals surface area contributed by atoms with Crippen molar-refractivity contribution in [1.82, 2.24) is 5.32 Å². The third-order valence-corrected chi connectivity index (χ3v) is 4.10. The van der Waals surface area contributed by atoms with E-state index < -0.39 is 0 Å². The van der Waals surface area contributed by atoms with E-state index in [1.807, 2.05) is 0 Å². The number of rotatable bonds is 4. The van der Waals surface area contributed by atoms with Crippen LogP contribution < -0.4 is 10.1 Å². The zero-order chi connectivity index (χ0) is 13.8. The minimum atomic E-state index is 0. The Kier molecular flexibility index (Phi) is 5.66. The molecule has 21 heavy (non-hydrogen) atoms. The summed E-state index contributed by atoms with van der Waals surface area (Å²) in [5.74, 6) is 1.04. The van der Waals surface area contributed by atoms with Gasteiger partial charge in [-0.05, 0) is 42.0 Å². The van der Waals surface area contributed by atoms with Crippen molar-refractivity contribution >= 4 is 12.4 Å². The molecule has 0 amide bonds. The van der Waals surface area contributed by atoms with Crippen LogP contribution >= 0.6 is 12.4 Å². The maximum absolute atomic E-state index is 5.50. The van der Waals surface area contributed by atoms with Gasteiger partial charge in [0.2, 0.25) is 0 Å². The number of fused-ring (bicyclic) bond motifs is 1. The van der Waals surface area contributed by atoms with Gasteiger partial charge in [-0.3, -0.25) is 0 Å². The predicted molar refractivity (Wildman–Crippen MR) is 89.3 cm³/mol. The van der Waals surface area contributed by atoms with Crippen molar-refractivity contribution < 1.29 is 4.74 Å². The van der Waals surface area contributed by atoms with E-state index in [2.05, 4.69) is 53.8 Å².